The number of hydrogen-bond acceptors (Lipinski definition) is 4. The monoisotopic (exact) mass is 383 g/mol. The maximum atomic E-state index is 14.2. The van der Waals surface area contributed by atoms with E-state index in [1.54, 1.807) is 21.9 Å². The number of hydrogen-bond donors (Lipinski definition) is 0. The first-order valence-electron chi connectivity index (χ1n) is 8.85. The first-order chi connectivity index (χ1) is 13.3. The molecule has 144 valence electrons. The predicted molar refractivity (Wildman–Crippen MR) is 100 cm³/mol. The van der Waals surface area contributed by atoms with E-state index in [4.69, 9.17) is 5.26 Å². The number of nitriles is 1. The molecule has 1 aliphatic rings. The molecule has 0 N–H and O–H groups in total. The van der Waals surface area contributed by atoms with Crippen LogP contribution in [0.4, 0.5) is 14.5 Å². The van der Waals surface area contributed by atoms with Crippen molar-refractivity contribution in [1.29, 1.82) is 5.26 Å². The molecule has 2 aromatic carbocycles. The normalized spacial score (nSPS) is 14.0. The van der Waals surface area contributed by atoms with E-state index in [1.807, 2.05) is 19.9 Å². The van der Waals surface area contributed by atoms with Crippen molar-refractivity contribution >= 4 is 17.9 Å². The van der Waals surface area contributed by atoms with E-state index in [2.05, 4.69) is 0 Å². The fourth-order valence-corrected chi connectivity index (χ4v) is 3.41. The van der Waals surface area contributed by atoms with Gasteiger partial charge >= 0.3 is 0 Å². The zero-order valence-electron chi connectivity index (χ0n) is 15.6. The minimum Gasteiger partial charge on any atom is -0.366 e. The summed E-state index contributed by atoms with van der Waals surface area (Å²) in [4.78, 5) is 27.3. The highest BCUT2D eigenvalue weighted by Crippen LogP contribution is 2.25. The summed E-state index contributed by atoms with van der Waals surface area (Å²) >= 11 is 0. The van der Waals surface area contributed by atoms with Crippen molar-refractivity contribution in [3.05, 3.63) is 63.7 Å². The Hall–Kier alpha value is -3.27. The molecule has 0 aliphatic carbocycles. The Morgan fingerprint density at radius 1 is 1.04 bits per heavy atom. The first-order valence-corrected chi connectivity index (χ1v) is 8.85. The van der Waals surface area contributed by atoms with Crippen LogP contribution in [0.5, 0.6) is 0 Å². The third kappa shape index (κ3) is 3.58. The second kappa shape index (κ2) is 7.77. The van der Waals surface area contributed by atoms with Crippen molar-refractivity contribution in [2.24, 2.45) is 0 Å². The van der Waals surface area contributed by atoms with Crippen LogP contribution in [0.2, 0.25) is 0 Å². The van der Waals surface area contributed by atoms with Crippen molar-refractivity contribution in [2.45, 2.75) is 13.8 Å². The van der Waals surface area contributed by atoms with Crippen LogP contribution in [0.25, 0.3) is 0 Å². The first kappa shape index (κ1) is 19.5. The zero-order chi connectivity index (χ0) is 20.4. The topological polar surface area (TPSA) is 64.4 Å². The number of carbonyl (C=O) groups excluding carboxylic acids is 2. The number of piperazine rings is 1. The molecule has 1 fully saturated rings. The van der Waals surface area contributed by atoms with Gasteiger partial charge in [0.05, 0.1) is 11.3 Å². The Morgan fingerprint density at radius 3 is 2.32 bits per heavy atom. The third-order valence-electron chi connectivity index (χ3n) is 5.03. The smallest absolute Gasteiger partial charge is 0.254 e. The van der Waals surface area contributed by atoms with E-state index < -0.39 is 11.6 Å². The van der Waals surface area contributed by atoms with Gasteiger partial charge in [0.1, 0.15) is 24.0 Å². The molecule has 0 atom stereocenters. The van der Waals surface area contributed by atoms with Gasteiger partial charge in [-0.25, -0.2) is 8.78 Å². The highest BCUT2D eigenvalue weighted by molar-refractivity contribution is 5.97. The molecule has 5 nitrogen and oxygen atoms in total. The van der Waals surface area contributed by atoms with E-state index in [0.717, 1.165) is 29.5 Å². The number of rotatable bonds is 3. The lowest BCUT2D eigenvalue weighted by atomic mass is 9.99. The van der Waals surface area contributed by atoms with Crippen molar-refractivity contribution in [3.8, 4) is 6.07 Å². The van der Waals surface area contributed by atoms with Gasteiger partial charge < -0.3 is 9.80 Å². The van der Waals surface area contributed by atoms with Gasteiger partial charge in [-0.3, -0.25) is 9.59 Å². The third-order valence-corrected chi connectivity index (χ3v) is 5.03. The predicted octanol–water partition coefficient (Wildman–Crippen LogP) is 3.23. The van der Waals surface area contributed by atoms with Crippen molar-refractivity contribution in [3.63, 3.8) is 0 Å². The maximum Gasteiger partial charge on any atom is 0.254 e. The number of aryl methyl sites for hydroxylation is 2. The van der Waals surface area contributed by atoms with Gasteiger partial charge in [0, 0.05) is 43.4 Å². The molecule has 0 bridgehead atoms. The number of carbonyl (C=O) groups is 2. The summed E-state index contributed by atoms with van der Waals surface area (Å²) in [6.45, 7) is 4.97. The molecule has 0 unspecified atom stereocenters. The van der Waals surface area contributed by atoms with Gasteiger partial charge in [-0.2, -0.15) is 5.26 Å². The average Bonchev–Trinajstić information content (AvgIpc) is 2.69. The van der Waals surface area contributed by atoms with Gasteiger partial charge in [-0.1, -0.05) is 6.07 Å². The van der Waals surface area contributed by atoms with Crippen LogP contribution in [0.3, 0.4) is 0 Å². The zero-order valence-corrected chi connectivity index (χ0v) is 15.6. The molecule has 2 aromatic rings. The molecule has 1 heterocycles. The Morgan fingerprint density at radius 2 is 1.71 bits per heavy atom. The van der Waals surface area contributed by atoms with E-state index in [9.17, 15) is 18.4 Å². The van der Waals surface area contributed by atoms with E-state index in [0.29, 0.717) is 37.3 Å². The maximum absolute atomic E-state index is 14.2. The second-order valence-corrected chi connectivity index (χ2v) is 6.82. The molecule has 1 saturated heterocycles. The number of amides is 1. The van der Waals surface area contributed by atoms with Crippen LogP contribution in [-0.2, 0) is 0 Å². The van der Waals surface area contributed by atoms with Crippen molar-refractivity contribution in [2.75, 3.05) is 31.1 Å². The molecule has 1 aliphatic heterocycles. The molecule has 3 rings (SSSR count). The molecule has 7 heteroatoms. The number of benzene rings is 2. The summed E-state index contributed by atoms with van der Waals surface area (Å²) in [6, 6.07) is 6.93. The van der Waals surface area contributed by atoms with Gasteiger partial charge in [0.25, 0.3) is 5.91 Å². The van der Waals surface area contributed by atoms with E-state index >= 15 is 0 Å². The molecule has 0 spiro atoms. The van der Waals surface area contributed by atoms with Crippen LogP contribution in [0.15, 0.2) is 24.3 Å². The van der Waals surface area contributed by atoms with Crippen LogP contribution in [0.1, 0.15) is 37.4 Å². The van der Waals surface area contributed by atoms with Gasteiger partial charge in [0.2, 0.25) is 0 Å². The summed E-state index contributed by atoms with van der Waals surface area (Å²) in [6.07, 6.45) is 0.728. The summed E-state index contributed by atoms with van der Waals surface area (Å²) < 4.78 is 28.1. The standard InChI is InChI=1S/C21H19F2N3O2/c1-13-7-14(2)17(8-16(13)12-27)21(28)26-5-3-25(4-6-26)20-10-18(22)15(11-24)9-19(20)23/h7-10,12H,3-6H2,1-2H3. The lowest BCUT2D eigenvalue weighted by Crippen LogP contribution is -2.49. The van der Waals surface area contributed by atoms with Gasteiger partial charge in [-0.05, 0) is 37.1 Å². The highest BCUT2D eigenvalue weighted by atomic mass is 19.1. The molecule has 0 saturated carbocycles. The van der Waals surface area contributed by atoms with Crippen LogP contribution in [-0.4, -0.2) is 43.3 Å². The van der Waals surface area contributed by atoms with E-state index in [-0.39, 0.29) is 17.2 Å². The molecule has 0 radical (unpaired) electrons. The summed E-state index contributed by atoms with van der Waals surface area (Å²) in [7, 11) is 0. The lowest BCUT2D eigenvalue weighted by molar-refractivity contribution is 0.0746. The largest absolute Gasteiger partial charge is 0.366 e. The molecule has 28 heavy (non-hydrogen) atoms. The Balaban J connectivity index is 1.76. The SMILES string of the molecule is Cc1cc(C)c(C(=O)N2CCN(c3cc(F)c(C#N)cc3F)CC2)cc1C=O. The summed E-state index contributed by atoms with van der Waals surface area (Å²) in [5, 5.41) is 8.79. The summed E-state index contributed by atoms with van der Waals surface area (Å²) in [5.74, 6) is -1.62. The number of nitrogens with zero attached hydrogens (tertiary/aromatic N) is 3. The average molecular weight is 383 g/mol. The Kier molecular flexibility index (Phi) is 5.41. The van der Waals surface area contributed by atoms with Crippen LogP contribution >= 0.6 is 0 Å². The van der Waals surface area contributed by atoms with Crippen molar-refractivity contribution < 1.29 is 18.4 Å². The fraction of sp³-hybridized carbons (Fsp3) is 0.286. The minimum atomic E-state index is -0.769. The molecular weight excluding hydrogens is 364 g/mol. The minimum absolute atomic E-state index is 0.0818. The molecule has 0 aromatic heterocycles. The number of halogens is 2. The fourth-order valence-electron chi connectivity index (χ4n) is 3.41. The summed E-state index contributed by atoms with van der Waals surface area (Å²) in [5.41, 5.74) is 2.29. The Bertz CT molecular complexity index is 990. The van der Waals surface area contributed by atoms with Gasteiger partial charge in [0.15, 0.2) is 0 Å². The van der Waals surface area contributed by atoms with Crippen LogP contribution in [0, 0.1) is 36.8 Å². The quantitative estimate of drug-likeness (QED) is 0.764. The van der Waals surface area contributed by atoms with Gasteiger partial charge in [-0.15, -0.1) is 0 Å². The lowest BCUT2D eigenvalue weighted by Gasteiger charge is -2.36. The Labute approximate surface area is 161 Å². The molecule has 1 amide bonds. The number of anilines is 1. The molecular formula is C21H19F2N3O2. The number of aldehydes is 1. The van der Waals surface area contributed by atoms with Crippen LogP contribution < -0.4 is 4.90 Å². The highest BCUT2D eigenvalue weighted by Gasteiger charge is 2.25. The second-order valence-electron chi connectivity index (χ2n) is 6.82. The van der Waals surface area contributed by atoms with E-state index in [1.165, 1.54) is 0 Å². The van der Waals surface area contributed by atoms with Crippen molar-refractivity contribution in [1.82, 2.24) is 4.90 Å².